The average Bonchev–Trinajstić information content (AvgIpc) is 2.74. The molecule has 0 atom stereocenters. The number of hydrogen-bond acceptors (Lipinski definition) is 4. The van der Waals surface area contributed by atoms with Gasteiger partial charge in [-0.1, -0.05) is 12.1 Å². The van der Waals surface area contributed by atoms with Crippen molar-refractivity contribution in [3.05, 3.63) is 24.3 Å². The predicted octanol–water partition coefficient (Wildman–Crippen LogP) is 1.53. The standard InChI is InChI=1S/C11H14O4/c12-9-3-1-2-4-10(9)13-6-5-11-14-7-8-15-11/h1-4,11-12H,5-8H2. The van der Waals surface area contributed by atoms with Gasteiger partial charge in [0.05, 0.1) is 19.8 Å². The fourth-order valence-corrected chi connectivity index (χ4v) is 1.42. The van der Waals surface area contributed by atoms with Crippen LogP contribution in [0, 0.1) is 0 Å². The molecule has 0 unspecified atom stereocenters. The van der Waals surface area contributed by atoms with Gasteiger partial charge in [-0.3, -0.25) is 0 Å². The van der Waals surface area contributed by atoms with Crippen molar-refractivity contribution in [1.82, 2.24) is 0 Å². The Morgan fingerprint density at radius 3 is 2.73 bits per heavy atom. The van der Waals surface area contributed by atoms with Crippen LogP contribution in [0.1, 0.15) is 6.42 Å². The zero-order valence-corrected chi connectivity index (χ0v) is 8.39. The highest BCUT2D eigenvalue weighted by Crippen LogP contribution is 2.24. The van der Waals surface area contributed by atoms with Crippen LogP contribution in [0.15, 0.2) is 24.3 Å². The van der Waals surface area contributed by atoms with Crippen molar-refractivity contribution in [2.24, 2.45) is 0 Å². The lowest BCUT2D eigenvalue weighted by atomic mass is 10.3. The largest absolute Gasteiger partial charge is 0.504 e. The maximum Gasteiger partial charge on any atom is 0.161 e. The van der Waals surface area contributed by atoms with Crippen LogP contribution in [0.2, 0.25) is 0 Å². The van der Waals surface area contributed by atoms with Crippen LogP contribution >= 0.6 is 0 Å². The molecule has 0 amide bonds. The van der Waals surface area contributed by atoms with Gasteiger partial charge in [-0.25, -0.2) is 0 Å². The smallest absolute Gasteiger partial charge is 0.161 e. The lowest BCUT2D eigenvalue weighted by Gasteiger charge is -2.10. The maximum atomic E-state index is 9.41. The third-order valence-electron chi connectivity index (χ3n) is 2.17. The highest BCUT2D eigenvalue weighted by Gasteiger charge is 2.15. The summed E-state index contributed by atoms with van der Waals surface area (Å²) in [6, 6.07) is 6.90. The second-order valence-corrected chi connectivity index (χ2v) is 3.28. The third-order valence-corrected chi connectivity index (χ3v) is 2.17. The Morgan fingerprint density at radius 2 is 2.00 bits per heavy atom. The van der Waals surface area contributed by atoms with E-state index in [9.17, 15) is 5.11 Å². The molecule has 2 rings (SSSR count). The summed E-state index contributed by atoms with van der Waals surface area (Å²) in [5.41, 5.74) is 0. The number of para-hydroxylation sites is 2. The molecule has 1 saturated heterocycles. The first-order valence-electron chi connectivity index (χ1n) is 5.00. The van der Waals surface area contributed by atoms with Crippen molar-refractivity contribution >= 4 is 0 Å². The van der Waals surface area contributed by atoms with Crippen molar-refractivity contribution < 1.29 is 19.3 Å². The Hall–Kier alpha value is -1.26. The molecule has 15 heavy (non-hydrogen) atoms. The predicted molar refractivity (Wildman–Crippen MR) is 53.9 cm³/mol. The van der Waals surface area contributed by atoms with Crippen LogP contribution in [-0.2, 0) is 9.47 Å². The molecule has 0 radical (unpaired) electrons. The van der Waals surface area contributed by atoms with E-state index in [0.717, 1.165) is 0 Å². The van der Waals surface area contributed by atoms with Crippen molar-refractivity contribution in [3.8, 4) is 11.5 Å². The highest BCUT2D eigenvalue weighted by molar-refractivity contribution is 5.37. The van der Waals surface area contributed by atoms with Gasteiger partial charge in [0.25, 0.3) is 0 Å². The zero-order valence-electron chi connectivity index (χ0n) is 8.39. The fourth-order valence-electron chi connectivity index (χ4n) is 1.42. The monoisotopic (exact) mass is 210 g/mol. The van der Waals surface area contributed by atoms with Crippen LogP contribution < -0.4 is 4.74 Å². The van der Waals surface area contributed by atoms with Crippen molar-refractivity contribution in [2.75, 3.05) is 19.8 Å². The molecule has 4 heteroatoms. The molecule has 0 spiro atoms. The van der Waals surface area contributed by atoms with Crippen LogP contribution in [-0.4, -0.2) is 31.2 Å². The van der Waals surface area contributed by atoms with E-state index in [0.29, 0.717) is 32.0 Å². The molecule has 0 aliphatic carbocycles. The summed E-state index contributed by atoms with van der Waals surface area (Å²) in [6.07, 6.45) is 0.518. The molecule has 0 saturated carbocycles. The molecule has 4 nitrogen and oxygen atoms in total. The van der Waals surface area contributed by atoms with E-state index in [1.165, 1.54) is 0 Å². The summed E-state index contributed by atoms with van der Waals surface area (Å²) in [4.78, 5) is 0. The second-order valence-electron chi connectivity index (χ2n) is 3.28. The molecule has 1 aromatic carbocycles. The van der Waals surface area contributed by atoms with E-state index in [4.69, 9.17) is 14.2 Å². The Balaban J connectivity index is 1.75. The Labute approximate surface area is 88.4 Å². The first kappa shape index (κ1) is 10.3. The van der Waals surface area contributed by atoms with E-state index < -0.39 is 0 Å². The Morgan fingerprint density at radius 1 is 1.27 bits per heavy atom. The van der Waals surface area contributed by atoms with E-state index in [2.05, 4.69) is 0 Å². The summed E-state index contributed by atoms with van der Waals surface area (Å²) in [7, 11) is 0. The minimum absolute atomic E-state index is 0.157. The summed E-state index contributed by atoms with van der Waals surface area (Å²) in [5.74, 6) is 0.654. The molecule has 1 fully saturated rings. The Kier molecular flexibility index (Phi) is 3.42. The lowest BCUT2D eigenvalue weighted by Crippen LogP contribution is -2.12. The zero-order chi connectivity index (χ0) is 10.5. The number of benzene rings is 1. The molecule has 1 N–H and O–H groups in total. The molecule has 1 aliphatic heterocycles. The van der Waals surface area contributed by atoms with Crippen LogP contribution in [0.25, 0.3) is 0 Å². The maximum absolute atomic E-state index is 9.41. The minimum Gasteiger partial charge on any atom is -0.504 e. The summed E-state index contributed by atoms with van der Waals surface area (Å²) in [6.45, 7) is 1.78. The molecule has 1 aromatic rings. The van der Waals surface area contributed by atoms with E-state index in [-0.39, 0.29) is 12.0 Å². The first-order chi connectivity index (χ1) is 7.36. The summed E-state index contributed by atoms with van der Waals surface area (Å²) < 4.78 is 15.9. The molecule has 1 aliphatic rings. The van der Waals surface area contributed by atoms with Gasteiger partial charge in [-0.2, -0.15) is 0 Å². The van der Waals surface area contributed by atoms with E-state index in [1.807, 2.05) is 6.07 Å². The van der Waals surface area contributed by atoms with Gasteiger partial charge in [0.1, 0.15) is 0 Å². The number of aromatic hydroxyl groups is 1. The topological polar surface area (TPSA) is 47.9 Å². The minimum atomic E-state index is -0.157. The third kappa shape index (κ3) is 2.84. The number of phenols is 1. The second kappa shape index (κ2) is 5.00. The van der Waals surface area contributed by atoms with E-state index >= 15 is 0 Å². The number of phenolic OH excluding ortho intramolecular Hbond substituents is 1. The van der Waals surface area contributed by atoms with Crippen molar-refractivity contribution in [1.29, 1.82) is 0 Å². The molecule has 0 aromatic heterocycles. The summed E-state index contributed by atoms with van der Waals surface area (Å²) >= 11 is 0. The van der Waals surface area contributed by atoms with Gasteiger partial charge < -0.3 is 19.3 Å². The number of rotatable bonds is 4. The van der Waals surface area contributed by atoms with Gasteiger partial charge >= 0.3 is 0 Å². The van der Waals surface area contributed by atoms with Crippen molar-refractivity contribution in [2.45, 2.75) is 12.7 Å². The summed E-state index contributed by atoms with van der Waals surface area (Å²) in [5, 5.41) is 9.41. The van der Waals surface area contributed by atoms with Gasteiger partial charge in [0.15, 0.2) is 17.8 Å². The Bertz CT molecular complexity index is 307. The SMILES string of the molecule is Oc1ccccc1OCCC1OCCO1. The molecular weight excluding hydrogens is 196 g/mol. The van der Waals surface area contributed by atoms with Gasteiger partial charge in [-0.05, 0) is 12.1 Å². The average molecular weight is 210 g/mol. The molecule has 0 bridgehead atoms. The number of ether oxygens (including phenoxy) is 3. The number of hydrogen-bond donors (Lipinski definition) is 1. The first-order valence-corrected chi connectivity index (χ1v) is 5.00. The van der Waals surface area contributed by atoms with Crippen LogP contribution in [0.4, 0.5) is 0 Å². The molecular formula is C11H14O4. The fraction of sp³-hybridized carbons (Fsp3) is 0.455. The van der Waals surface area contributed by atoms with E-state index in [1.54, 1.807) is 18.2 Å². The van der Waals surface area contributed by atoms with Gasteiger partial charge in [0, 0.05) is 6.42 Å². The quantitative estimate of drug-likeness (QED) is 0.818. The normalized spacial score (nSPS) is 16.8. The van der Waals surface area contributed by atoms with Gasteiger partial charge in [0.2, 0.25) is 0 Å². The van der Waals surface area contributed by atoms with Crippen molar-refractivity contribution in [3.63, 3.8) is 0 Å². The lowest BCUT2D eigenvalue weighted by molar-refractivity contribution is -0.0532. The molecule has 82 valence electrons. The van der Waals surface area contributed by atoms with Gasteiger partial charge in [-0.15, -0.1) is 0 Å². The molecule has 1 heterocycles. The van der Waals surface area contributed by atoms with Crippen LogP contribution in [0.5, 0.6) is 11.5 Å². The van der Waals surface area contributed by atoms with Crippen LogP contribution in [0.3, 0.4) is 0 Å². The highest BCUT2D eigenvalue weighted by atomic mass is 16.7.